The summed E-state index contributed by atoms with van der Waals surface area (Å²) in [5.41, 5.74) is -1.11. The molecular weight excluding hydrogens is 428 g/mol. The number of carbonyl (C=O) groups is 1. The van der Waals surface area contributed by atoms with Gasteiger partial charge in [0.1, 0.15) is 5.56 Å². The lowest BCUT2D eigenvalue weighted by molar-refractivity contribution is -0.394. The van der Waals surface area contributed by atoms with E-state index in [-0.39, 0.29) is 21.8 Å². The molecule has 0 heterocycles. The highest BCUT2D eigenvalue weighted by Crippen LogP contribution is 2.26. The number of nitro groups is 2. The molecule has 158 valence electrons. The zero-order valence-electron chi connectivity index (χ0n) is 15.6. The molecule has 31 heavy (non-hydrogen) atoms. The minimum Gasteiger partial charge on any atom is -0.322 e. The molecule has 0 radical (unpaired) electrons. The number of amides is 1. The fourth-order valence-corrected chi connectivity index (χ4v) is 3.69. The Hall–Kier alpha value is -4.32. The van der Waals surface area contributed by atoms with Crippen LogP contribution in [0.4, 0.5) is 22.7 Å². The van der Waals surface area contributed by atoms with Crippen molar-refractivity contribution < 1.29 is 23.1 Å². The van der Waals surface area contributed by atoms with Crippen molar-refractivity contribution in [3.63, 3.8) is 0 Å². The number of carbonyl (C=O) groups excluding carboxylic acids is 1. The zero-order valence-corrected chi connectivity index (χ0v) is 16.4. The molecule has 0 bridgehead atoms. The van der Waals surface area contributed by atoms with Crippen molar-refractivity contribution >= 4 is 38.7 Å². The third kappa shape index (κ3) is 5.00. The maximum absolute atomic E-state index is 12.4. The van der Waals surface area contributed by atoms with Gasteiger partial charge in [-0.25, -0.2) is 8.42 Å². The van der Waals surface area contributed by atoms with Crippen LogP contribution in [0.3, 0.4) is 0 Å². The van der Waals surface area contributed by atoms with Gasteiger partial charge in [-0.3, -0.25) is 29.7 Å². The van der Waals surface area contributed by atoms with Gasteiger partial charge in [0.2, 0.25) is 0 Å². The molecule has 0 atom stereocenters. The monoisotopic (exact) mass is 442 g/mol. The number of non-ortho nitro benzene ring substituents is 1. The van der Waals surface area contributed by atoms with E-state index in [4.69, 9.17) is 0 Å². The van der Waals surface area contributed by atoms with Crippen molar-refractivity contribution in [2.75, 3.05) is 10.0 Å². The topological polar surface area (TPSA) is 162 Å². The summed E-state index contributed by atoms with van der Waals surface area (Å²) >= 11 is 0. The molecule has 0 spiro atoms. The van der Waals surface area contributed by atoms with Crippen LogP contribution in [0.1, 0.15) is 10.4 Å². The fraction of sp³-hybridized carbons (Fsp3) is 0. The van der Waals surface area contributed by atoms with Gasteiger partial charge in [0.15, 0.2) is 0 Å². The summed E-state index contributed by atoms with van der Waals surface area (Å²) in [4.78, 5) is 32.8. The van der Waals surface area contributed by atoms with Crippen LogP contribution >= 0.6 is 0 Å². The molecule has 3 rings (SSSR count). The van der Waals surface area contributed by atoms with Crippen LogP contribution in [-0.2, 0) is 10.0 Å². The Labute approximate surface area is 175 Å². The SMILES string of the molecule is O=C(Nc1ccc(NS(=O)(=O)c2ccccc2)cc1)c1ccc([N+](=O)[O-])cc1[N+](=O)[O-]. The number of nitrogens with one attached hydrogen (secondary N) is 2. The third-order valence-electron chi connectivity index (χ3n) is 4.08. The summed E-state index contributed by atoms with van der Waals surface area (Å²) < 4.78 is 27.1. The number of hydrogen-bond donors (Lipinski definition) is 2. The number of hydrogen-bond acceptors (Lipinski definition) is 7. The van der Waals surface area contributed by atoms with Gasteiger partial charge in [0.05, 0.1) is 20.8 Å². The number of rotatable bonds is 7. The standard InChI is InChI=1S/C19H14N4O7S/c24-19(17-11-10-15(22(25)26)12-18(17)23(27)28)20-13-6-8-14(9-7-13)21-31(29,30)16-4-2-1-3-5-16/h1-12,21H,(H,20,24). The van der Waals surface area contributed by atoms with Crippen LogP contribution in [0.15, 0.2) is 77.7 Å². The van der Waals surface area contributed by atoms with Crippen LogP contribution in [0, 0.1) is 20.2 Å². The molecule has 0 saturated carbocycles. The molecule has 3 aromatic carbocycles. The summed E-state index contributed by atoms with van der Waals surface area (Å²) in [5.74, 6) is -0.848. The maximum Gasteiger partial charge on any atom is 0.289 e. The van der Waals surface area contributed by atoms with E-state index >= 15 is 0 Å². The van der Waals surface area contributed by atoms with Crippen LogP contribution in [0.25, 0.3) is 0 Å². The summed E-state index contributed by atoms with van der Waals surface area (Å²) in [6, 6.07) is 16.0. The average Bonchev–Trinajstić information content (AvgIpc) is 2.75. The van der Waals surface area contributed by atoms with Crippen molar-refractivity contribution in [3.05, 3.63) is 98.6 Å². The molecule has 3 aromatic rings. The Kier molecular flexibility index (Phi) is 5.93. The Bertz CT molecular complexity index is 1260. The first kappa shape index (κ1) is 21.4. The van der Waals surface area contributed by atoms with E-state index in [2.05, 4.69) is 10.0 Å². The molecule has 0 aliphatic heterocycles. The van der Waals surface area contributed by atoms with Crippen molar-refractivity contribution in [3.8, 4) is 0 Å². The second-order valence-electron chi connectivity index (χ2n) is 6.17. The van der Waals surface area contributed by atoms with E-state index in [0.717, 1.165) is 12.1 Å². The molecule has 1 amide bonds. The quantitative estimate of drug-likeness (QED) is 0.417. The first-order valence-electron chi connectivity index (χ1n) is 8.59. The van der Waals surface area contributed by atoms with Crippen molar-refractivity contribution in [2.24, 2.45) is 0 Å². The number of nitro benzene ring substituents is 2. The van der Waals surface area contributed by atoms with Crippen LogP contribution < -0.4 is 10.0 Å². The van der Waals surface area contributed by atoms with Gasteiger partial charge in [0, 0.05) is 17.4 Å². The predicted octanol–water partition coefficient (Wildman–Crippen LogP) is 3.56. The Morgan fingerprint density at radius 1 is 0.806 bits per heavy atom. The van der Waals surface area contributed by atoms with Gasteiger partial charge >= 0.3 is 0 Å². The molecule has 2 N–H and O–H groups in total. The normalized spacial score (nSPS) is 10.8. The molecule has 0 aromatic heterocycles. The summed E-state index contributed by atoms with van der Waals surface area (Å²) in [6.45, 7) is 0. The van der Waals surface area contributed by atoms with E-state index < -0.39 is 37.2 Å². The maximum atomic E-state index is 12.4. The molecule has 0 aliphatic rings. The number of anilines is 2. The van der Waals surface area contributed by atoms with E-state index in [1.54, 1.807) is 18.2 Å². The lowest BCUT2D eigenvalue weighted by Crippen LogP contribution is -2.15. The Balaban J connectivity index is 1.76. The largest absolute Gasteiger partial charge is 0.322 e. The lowest BCUT2D eigenvalue weighted by Gasteiger charge is -2.10. The van der Waals surface area contributed by atoms with Crippen LogP contribution in [0.5, 0.6) is 0 Å². The van der Waals surface area contributed by atoms with Crippen molar-refractivity contribution in [2.45, 2.75) is 4.90 Å². The number of benzene rings is 3. The minimum absolute atomic E-state index is 0.0814. The molecule has 0 aliphatic carbocycles. The summed E-state index contributed by atoms with van der Waals surface area (Å²) in [5, 5.41) is 24.4. The molecule has 12 heteroatoms. The minimum atomic E-state index is -3.79. The van der Waals surface area contributed by atoms with Crippen LogP contribution in [-0.4, -0.2) is 24.2 Å². The van der Waals surface area contributed by atoms with Gasteiger partial charge in [-0.05, 0) is 42.5 Å². The Morgan fingerprint density at radius 2 is 1.42 bits per heavy atom. The summed E-state index contributed by atoms with van der Waals surface area (Å²) in [7, 11) is -3.79. The van der Waals surface area contributed by atoms with Gasteiger partial charge < -0.3 is 5.32 Å². The molecule has 11 nitrogen and oxygen atoms in total. The third-order valence-corrected chi connectivity index (χ3v) is 5.48. The fourth-order valence-electron chi connectivity index (χ4n) is 2.61. The Morgan fingerprint density at radius 3 is 2.00 bits per heavy atom. The molecule has 0 unspecified atom stereocenters. The second-order valence-corrected chi connectivity index (χ2v) is 7.85. The van der Waals surface area contributed by atoms with Crippen molar-refractivity contribution in [1.29, 1.82) is 0 Å². The average molecular weight is 442 g/mol. The van der Waals surface area contributed by atoms with Gasteiger partial charge in [0.25, 0.3) is 27.3 Å². The predicted molar refractivity (Wildman–Crippen MR) is 111 cm³/mol. The highest BCUT2D eigenvalue weighted by molar-refractivity contribution is 7.92. The zero-order chi connectivity index (χ0) is 22.6. The first-order chi connectivity index (χ1) is 14.7. The van der Waals surface area contributed by atoms with E-state index in [0.29, 0.717) is 6.07 Å². The molecule has 0 fully saturated rings. The van der Waals surface area contributed by atoms with Gasteiger partial charge in [-0.1, -0.05) is 18.2 Å². The van der Waals surface area contributed by atoms with Crippen LogP contribution in [0.2, 0.25) is 0 Å². The number of nitrogens with zero attached hydrogens (tertiary/aromatic N) is 2. The van der Waals surface area contributed by atoms with Crippen molar-refractivity contribution in [1.82, 2.24) is 0 Å². The highest BCUT2D eigenvalue weighted by atomic mass is 32.2. The van der Waals surface area contributed by atoms with E-state index in [9.17, 15) is 33.4 Å². The van der Waals surface area contributed by atoms with E-state index in [1.165, 1.54) is 36.4 Å². The number of sulfonamides is 1. The van der Waals surface area contributed by atoms with E-state index in [1.807, 2.05) is 0 Å². The first-order valence-corrected chi connectivity index (χ1v) is 10.1. The summed E-state index contributed by atoms with van der Waals surface area (Å²) in [6.07, 6.45) is 0. The second kappa shape index (κ2) is 8.59. The smallest absolute Gasteiger partial charge is 0.289 e. The highest BCUT2D eigenvalue weighted by Gasteiger charge is 2.24. The molecule has 0 saturated heterocycles. The lowest BCUT2D eigenvalue weighted by atomic mass is 10.1. The molecular formula is C19H14N4O7S. The van der Waals surface area contributed by atoms with Gasteiger partial charge in [-0.15, -0.1) is 0 Å². The van der Waals surface area contributed by atoms with Gasteiger partial charge in [-0.2, -0.15) is 0 Å².